The summed E-state index contributed by atoms with van der Waals surface area (Å²) in [4.78, 5) is 8.56. The summed E-state index contributed by atoms with van der Waals surface area (Å²) >= 11 is 5.86. The summed E-state index contributed by atoms with van der Waals surface area (Å²) in [5.41, 5.74) is 4.52. The van der Waals surface area contributed by atoms with E-state index < -0.39 is 0 Å². The number of nitrogens with one attached hydrogen (secondary N) is 1. The van der Waals surface area contributed by atoms with Crippen LogP contribution >= 0.6 is 11.6 Å². The second-order valence-corrected chi connectivity index (χ2v) is 5.03. The molecule has 0 radical (unpaired) electrons. The Labute approximate surface area is 126 Å². The standard InChI is InChI=1S/C14H13ClN4O2/c15-10-6-4-9(5-7-10)13-18-14(21-19-13)11-2-1-3-12(11)16-8-17-20/h4-8,20H,1-3H2,(H,16,17). The van der Waals surface area contributed by atoms with Crippen molar-refractivity contribution >= 4 is 23.5 Å². The fraction of sp³-hybridized carbons (Fsp3) is 0.214. The molecule has 2 N–H and O–H groups in total. The van der Waals surface area contributed by atoms with Gasteiger partial charge in [0.1, 0.15) is 6.34 Å². The van der Waals surface area contributed by atoms with Gasteiger partial charge >= 0.3 is 0 Å². The average Bonchev–Trinajstić information content (AvgIpc) is 3.14. The van der Waals surface area contributed by atoms with E-state index in [1.807, 2.05) is 17.6 Å². The SMILES string of the molecule is ONC=NC1=C(c2nc(-c3ccc(Cl)cc3)no2)CCC1. The number of nitrogens with zero attached hydrogens (tertiary/aromatic N) is 3. The first kappa shape index (κ1) is 13.8. The fourth-order valence-electron chi connectivity index (χ4n) is 2.27. The molecule has 0 unspecified atom stereocenters. The Balaban J connectivity index is 1.91. The summed E-state index contributed by atoms with van der Waals surface area (Å²) in [6.45, 7) is 0. The monoisotopic (exact) mass is 304 g/mol. The second kappa shape index (κ2) is 6.07. The van der Waals surface area contributed by atoms with Gasteiger partial charge in [0, 0.05) is 16.2 Å². The molecule has 0 aliphatic heterocycles. The average molecular weight is 305 g/mol. The molecule has 2 aromatic rings. The molecule has 1 heterocycles. The van der Waals surface area contributed by atoms with Crippen LogP contribution in [0.25, 0.3) is 17.0 Å². The Bertz CT molecular complexity index is 691. The van der Waals surface area contributed by atoms with E-state index in [9.17, 15) is 0 Å². The van der Waals surface area contributed by atoms with E-state index in [1.54, 1.807) is 12.1 Å². The van der Waals surface area contributed by atoms with Gasteiger partial charge in [0.2, 0.25) is 5.82 Å². The Morgan fingerprint density at radius 2 is 2.10 bits per heavy atom. The zero-order valence-corrected chi connectivity index (χ0v) is 11.8. The molecule has 7 heteroatoms. The van der Waals surface area contributed by atoms with Gasteiger partial charge in [-0.3, -0.25) is 10.7 Å². The smallest absolute Gasteiger partial charge is 0.256 e. The molecule has 108 valence electrons. The highest BCUT2D eigenvalue weighted by atomic mass is 35.5. The van der Waals surface area contributed by atoms with Crippen molar-refractivity contribution in [1.29, 1.82) is 0 Å². The predicted molar refractivity (Wildman–Crippen MR) is 78.9 cm³/mol. The van der Waals surface area contributed by atoms with Crippen molar-refractivity contribution in [2.45, 2.75) is 19.3 Å². The number of benzene rings is 1. The number of hydrogen-bond donors (Lipinski definition) is 2. The normalized spacial score (nSPS) is 15.1. The van der Waals surface area contributed by atoms with Crippen LogP contribution in [-0.2, 0) is 0 Å². The van der Waals surface area contributed by atoms with E-state index in [2.05, 4.69) is 15.1 Å². The van der Waals surface area contributed by atoms with Gasteiger partial charge in [0.05, 0.1) is 5.70 Å². The molecule has 0 saturated carbocycles. The van der Waals surface area contributed by atoms with Crippen molar-refractivity contribution in [2.75, 3.05) is 0 Å². The maximum Gasteiger partial charge on any atom is 0.256 e. The van der Waals surface area contributed by atoms with Crippen LogP contribution in [0.5, 0.6) is 0 Å². The maximum atomic E-state index is 8.57. The van der Waals surface area contributed by atoms with Crippen LogP contribution in [0.2, 0.25) is 5.02 Å². The summed E-state index contributed by atoms with van der Waals surface area (Å²) in [5, 5.41) is 13.2. The summed E-state index contributed by atoms with van der Waals surface area (Å²) in [6, 6.07) is 7.25. The molecule has 3 rings (SSSR count). The van der Waals surface area contributed by atoms with Crippen molar-refractivity contribution < 1.29 is 9.73 Å². The molecule has 1 aromatic carbocycles. The predicted octanol–water partition coefficient (Wildman–Crippen LogP) is 3.29. The van der Waals surface area contributed by atoms with Gasteiger partial charge in [-0.05, 0) is 43.5 Å². The zero-order valence-electron chi connectivity index (χ0n) is 11.1. The van der Waals surface area contributed by atoms with Crippen molar-refractivity contribution in [1.82, 2.24) is 15.6 Å². The highest BCUT2D eigenvalue weighted by molar-refractivity contribution is 6.30. The molecular weight excluding hydrogens is 292 g/mol. The molecule has 0 bridgehead atoms. The first-order valence-electron chi connectivity index (χ1n) is 6.52. The third-order valence-electron chi connectivity index (χ3n) is 3.25. The van der Waals surface area contributed by atoms with E-state index in [0.29, 0.717) is 16.7 Å². The highest BCUT2D eigenvalue weighted by Crippen LogP contribution is 2.34. The molecule has 0 atom stereocenters. The quantitative estimate of drug-likeness (QED) is 0.514. The van der Waals surface area contributed by atoms with E-state index in [0.717, 1.165) is 36.1 Å². The van der Waals surface area contributed by atoms with Crippen LogP contribution in [0.15, 0.2) is 39.5 Å². The van der Waals surface area contributed by atoms with Crippen molar-refractivity contribution in [3.05, 3.63) is 40.9 Å². The lowest BCUT2D eigenvalue weighted by molar-refractivity contribution is 0.239. The summed E-state index contributed by atoms with van der Waals surface area (Å²) in [6.07, 6.45) is 3.87. The van der Waals surface area contributed by atoms with Gasteiger partial charge in [0.25, 0.3) is 5.89 Å². The Morgan fingerprint density at radius 1 is 1.29 bits per heavy atom. The number of allylic oxidation sites excluding steroid dienone is 2. The van der Waals surface area contributed by atoms with Gasteiger partial charge in [-0.25, -0.2) is 4.99 Å². The molecule has 1 aromatic heterocycles. The second-order valence-electron chi connectivity index (χ2n) is 4.60. The summed E-state index contributed by atoms with van der Waals surface area (Å²) in [5.74, 6) is 0.993. The van der Waals surface area contributed by atoms with Crippen LogP contribution in [0.3, 0.4) is 0 Å². The minimum Gasteiger partial charge on any atom is -0.334 e. The Kier molecular flexibility index (Phi) is 3.98. The lowest BCUT2D eigenvalue weighted by atomic mass is 10.2. The van der Waals surface area contributed by atoms with E-state index in [1.165, 1.54) is 6.34 Å². The lowest BCUT2D eigenvalue weighted by Crippen LogP contribution is -2.02. The van der Waals surface area contributed by atoms with Crippen LogP contribution in [0, 0.1) is 0 Å². The molecule has 21 heavy (non-hydrogen) atoms. The van der Waals surface area contributed by atoms with E-state index >= 15 is 0 Å². The lowest BCUT2D eigenvalue weighted by Gasteiger charge is -1.96. The van der Waals surface area contributed by atoms with Crippen LogP contribution in [-0.4, -0.2) is 21.7 Å². The number of halogens is 1. The minimum atomic E-state index is 0.475. The Morgan fingerprint density at radius 3 is 2.86 bits per heavy atom. The largest absolute Gasteiger partial charge is 0.334 e. The van der Waals surface area contributed by atoms with Gasteiger partial charge in [-0.1, -0.05) is 16.8 Å². The topological polar surface area (TPSA) is 83.5 Å². The maximum absolute atomic E-state index is 8.57. The number of rotatable bonds is 4. The molecule has 6 nitrogen and oxygen atoms in total. The van der Waals surface area contributed by atoms with Crippen molar-refractivity contribution in [2.24, 2.45) is 4.99 Å². The molecule has 1 aliphatic carbocycles. The first-order valence-corrected chi connectivity index (χ1v) is 6.90. The molecule has 0 fully saturated rings. The molecule has 0 spiro atoms. The zero-order chi connectivity index (χ0) is 14.7. The van der Waals surface area contributed by atoms with E-state index in [-0.39, 0.29) is 0 Å². The molecule has 0 saturated heterocycles. The minimum absolute atomic E-state index is 0.475. The fourth-order valence-corrected chi connectivity index (χ4v) is 2.40. The third-order valence-corrected chi connectivity index (χ3v) is 3.51. The summed E-state index contributed by atoms with van der Waals surface area (Å²) in [7, 11) is 0. The Hall–Kier alpha value is -2.18. The van der Waals surface area contributed by atoms with Gasteiger partial charge in [-0.2, -0.15) is 4.98 Å². The van der Waals surface area contributed by atoms with Crippen molar-refractivity contribution in [3.63, 3.8) is 0 Å². The number of aliphatic imine (C=N–C) groups is 1. The number of aromatic nitrogens is 2. The number of hydrogen-bond acceptors (Lipinski definition) is 5. The van der Waals surface area contributed by atoms with Crippen molar-refractivity contribution in [3.8, 4) is 11.4 Å². The molecular formula is C14H13ClN4O2. The first-order chi connectivity index (χ1) is 10.3. The third kappa shape index (κ3) is 2.96. The van der Waals surface area contributed by atoms with Crippen LogP contribution < -0.4 is 5.48 Å². The molecule has 1 aliphatic rings. The van der Waals surface area contributed by atoms with Gasteiger partial charge in [-0.15, -0.1) is 0 Å². The summed E-state index contributed by atoms with van der Waals surface area (Å²) < 4.78 is 5.33. The van der Waals surface area contributed by atoms with Crippen LogP contribution in [0.1, 0.15) is 25.2 Å². The highest BCUT2D eigenvalue weighted by Gasteiger charge is 2.21. The van der Waals surface area contributed by atoms with Gasteiger partial charge in [0.15, 0.2) is 0 Å². The van der Waals surface area contributed by atoms with Gasteiger partial charge < -0.3 is 4.52 Å². The van der Waals surface area contributed by atoms with E-state index in [4.69, 9.17) is 21.3 Å². The number of hydroxylamine groups is 1. The van der Waals surface area contributed by atoms with Crippen LogP contribution in [0.4, 0.5) is 0 Å². The molecule has 0 amide bonds.